The predicted molar refractivity (Wildman–Crippen MR) is 300 cm³/mol. The molecular weight excluding hydrogens is 941 g/mol. The lowest BCUT2D eigenvalue weighted by atomic mass is 9.93. The molecular formula is C57H100O12S2. The third kappa shape index (κ3) is 45.0. The van der Waals surface area contributed by atoms with Crippen molar-refractivity contribution in [3.05, 3.63) is 57.6 Å². The van der Waals surface area contributed by atoms with E-state index in [2.05, 4.69) is 38.3 Å². The number of aliphatic hydroxyl groups excluding tert-OH is 6. The summed E-state index contributed by atoms with van der Waals surface area (Å²) < 4.78 is 0. The number of carbonyl (C=O) groups is 2. The Bertz CT molecular complexity index is 1470. The second kappa shape index (κ2) is 48.8. The molecule has 12 nitrogen and oxygen atoms in total. The summed E-state index contributed by atoms with van der Waals surface area (Å²) in [5, 5.41) is 88.1. The molecule has 412 valence electrons. The van der Waals surface area contributed by atoms with Gasteiger partial charge in [-0.1, -0.05) is 179 Å². The van der Waals surface area contributed by atoms with E-state index in [0.717, 1.165) is 46.2 Å². The Kier molecular flexibility index (Phi) is 49.4. The average Bonchev–Trinajstić information content (AvgIpc) is 3.33. The van der Waals surface area contributed by atoms with Crippen LogP contribution in [0.25, 0.3) is 0 Å². The first-order valence-electron chi connectivity index (χ1n) is 26.7. The molecule has 0 bridgehead atoms. The van der Waals surface area contributed by atoms with Crippen LogP contribution in [0.4, 0.5) is 0 Å². The third-order valence-corrected chi connectivity index (χ3v) is 12.6. The van der Waals surface area contributed by atoms with Crippen LogP contribution >= 0.6 is 24.4 Å². The van der Waals surface area contributed by atoms with Gasteiger partial charge in [0.25, 0.3) is 0 Å². The fraction of sp³-hybridized carbons (Fsp3) is 0.719. The SMILES string of the molecule is CCCCCCCCCCCCCCC(O)=S.CCCCCCCCCCCCCCC(O)=S.Cc1cc(CCC(=O)O)cc(C)c1O.Cc1cc(CCC(=O)O)cc(C)c1O.OCC(CO)(CO)CO. The molecule has 0 heterocycles. The van der Waals surface area contributed by atoms with E-state index in [1.54, 1.807) is 0 Å². The zero-order valence-corrected chi connectivity index (χ0v) is 46.6. The summed E-state index contributed by atoms with van der Waals surface area (Å²) >= 11 is 9.26. The molecule has 0 spiro atoms. The number of phenolic OH excluding ortho intramolecular Hbond substituents is 2. The van der Waals surface area contributed by atoms with Gasteiger partial charge in [0.1, 0.15) is 11.5 Å². The fourth-order valence-electron chi connectivity index (χ4n) is 7.42. The molecule has 0 aliphatic rings. The quantitative estimate of drug-likeness (QED) is 0.0226. The number of unbranched alkanes of at least 4 members (excludes halogenated alkanes) is 22. The molecule has 0 unspecified atom stereocenters. The van der Waals surface area contributed by atoms with Crippen molar-refractivity contribution in [2.24, 2.45) is 5.41 Å². The van der Waals surface area contributed by atoms with Gasteiger partial charge >= 0.3 is 11.9 Å². The number of carboxylic acid groups (broad SMARTS) is 2. The van der Waals surface area contributed by atoms with Crippen LogP contribution in [0.3, 0.4) is 0 Å². The van der Waals surface area contributed by atoms with Crippen LogP contribution in [0.5, 0.6) is 11.5 Å². The monoisotopic (exact) mass is 1040 g/mol. The third-order valence-electron chi connectivity index (χ3n) is 12.2. The zero-order valence-electron chi connectivity index (χ0n) is 45.0. The van der Waals surface area contributed by atoms with E-state index >= 15 is 0 Å². The van der Waals surface area contributed by atoms with Crippen LogP contribution in [0.1, 0.15) is 227 Å². The Labute approximate surface area is 440 Å². The first-order chi connectivity index (χ1) is 33.8. The molecule has 2 aromatic rings. The number of aliphatic hydroxyl groups is 6. The maximum absolute atomic E-state index is 10.4. The van der Waals surface area contributed by atoms with E-state index in [-0.39, 0.29) is 22.9 Å². The minimum atomic E-state index is -1.11. The number of aromatic hydroxyl groups is 2. The number of hydrogen-bond donors (Lipinski definition) is 10. The van der Waals surface area contributed by atoms with Crippen LogP contribution in [0.15, 0.2) is 24.3 Å². The van der Waals surface area contributed by atoms with E-state index in [0.29, 0.717) is 37.2 Å². The van der Waals surface area contributed by atoms with Crippen LogP contribution in [-0.4, -0.2) is 99.5 Å². The smallest absolute Gasteiger partial charge is 0.303 e. The fourth-order valence-corrected chi connectivity index (χ4v) is 7.71. The lowest BCUT2D eigenvalue weighted by Gasteiger charge is -2.23. The van der Waals surface area contributed by atoms with Crippen molar-refractivity contribution in [1.29, 1.82) is 0 Å². The molecule has 0 fully saturated rings. The van der Waals surface area contributed by atoms with Gasteiger partial charge in [-0.2, -0.15) is 0 Å². The molecule has 2 rings (SSSR count). The molecule has 0 radical (unpaired) electrons. The van der Waals surface area contributed by atoms with Gasteiger partial charge in [0.15, 0.2) is 10.1 Å². The summed E-state index contributed by atoms with van der Waals surface area (Å²) in [7, 11) is 0. The average molecular weight is 1040 g/mol. The van der Waals surface area contributed by atoms with Crippen molar-refractivity contribution in [2.45, 2.75) is 234 Å². The van der Waals surface area contributed by atoms with E-state index < -0.39 is 43.8 Å². The highest BCUT2D eigenvalue weighted by Crippen LogP contribution is 2.25. The Hall–Kier alpha value is -3.40. The second-order valence-electron chi connectivity index (χ2n) is 19.1. The number of hydrogen-bond acceptors (Lipinski definition) is 10. The Morgan fingerprint density at radius 2 is 0.606 bits per heavy atom. The number of aryl methyl sites for hydroxylation is 6. The van der Waals surface area contributed by atoms with Gasteiger partial charge in [0.2, 0.25) is 0 Å². The van der Waals surface area contributed by atoms with Crippen molar-refractivity contribution in [3.63, 3.8) is 0 Å². The predicted octanol–water partition coefficient (Wildman–Crippen LogP) is 13.9. The molecule has 0 saturated carbocycles. The summed E-state index contributed by atoms with van der Waals surface area (Å²) in [4.78, 5) is 20.7. The van der Waals surface area contributed by atoms with Crippen LogP contribution in [-0.2, 0) is 22.4 Å². The van der Waals surface area contributed by atoms with Gasteiger partial charge in [0.05, 0.1) is 31.8 Å². The minimum absolute atomic E-state index is 0.129. The number of thiocarbonyl (C=S) groups is 2. The highest BCUT2D eigenvalue weighted by molar-refractivity contribution is 7.80. The summed E-state index contributed by atoms with van der Waals surface area (Å²) in [6, 6.07) is 7.30. The lowest BCUT2D eigenvalue weighted by Crippen LogP contribution is -2.37. The molecule has 2 aromatic carbocycles. The molecule has 0 saturated heterocycles. The van der Waals surface area contributed by atoms with Gasteiger partial charge in [-0.25, -0.2) is 0 Å². The van der Waals surface area contributed by atoms with E-state index in [9.17, 15) is 19.8 Å². The van der Waals surface area contributed by atoms with Gasteiger partial charge in [-0.05, 0) is 111 Å². The van der Waals surface area contributed by atoms with E-state index in [1.807, 2.05) is 52.0 Å². The number of aliphatic carboxylic acids is 2. The molecule has 71 heavy (non-hydrogen) atoms. The number of rotatable bonds is 36. The largest absolute Gasteiger partial charge is 0.507 e. The van der Waals surface area contributed by atoms with Crippen molar-refractivity contribution in [1.82, 2.24) is 0 Å². The molecule has 14 heteroatoms. The Morgan fingerprint density at radius 3 is 0.775 bits per heavy atom. The lowest BCUT2D eigenvalue weighted by molar-refractivity contribution is -0.138. The van der Waals surface area contributed by atoms with Crippen LogP contribution in [0.2, 0.25) is 0 Å². The molecule has 0 atom stereocenters. The number of carboxylic acids is 2. The number of phenols is 2. The summed E-state index contributed by atoms with van der Waals surface area (Å²) in [6.45, 7) is 10.2. The van der Waals surface area contributed by atoms with E-state index in [1.165, 1.54) is 141 Å². The molecule has 10 N–H and O–H groups in total. The molecule has 0 amide bonds. The first-order valence-corrected chi connectivity index (χ1v) is 27.5. The molecule has 0 aliphatic carbocycles. The minimum Gasteiger partial charge on any atom is -0.507 e. The van der Waals surface area contributed by atoms with Gasteiger partial charge < -0.3 is 51.1 Å². The maximum Gasteiger partial charge on any atom is 0.303 e. The first kappa shape index (κ1) is 71.9. The van der Waals surface area contributed by atoms with Crippen LogP contribution < -0.4 is 0 Å². The van der Waals surface area contributed by atoms with Gasteiger partial charge in [-0.3, -0.25) is 9.59 Å². The second-order valence-corrected chi connectivity index (χ2v) is 20.1. The normalized spacial score (nSPS) is 10.6. The maximum atomic E-state index is 10.4. The Morgan fingerprint density at radius 1 is 0.394 bits per heavy atom. The summed E-state index contributed by atoms with van der Waals surface area (Å²) in [6.07, 6.45) is 35.1. The standard InChI is InChI=1S/2C15H30OS.2C11H14O3.C5H12O4/c2*1-2-3-4-5-6-7-8-9-10-11-12-13-14-15(16)17;2*1-7-5-9(3-4-10(12)13)6-8(2)11(7)14;6-1-5(2-7,3-8)4-9/h2*2-14H2,1H3,(H,16,17);2*5-6,14H,3-4H2,1-2H3,(H,12,13);6-9H,1-4H2. The van der Waals surface area contributed by atoms with Crippen molar-refractivity contribution in [2.75, 3.05) is 26.4 Å². The number of benzene rings is 2. The molecule has 0 aromatic heterocycles. The van der Waals surface area contributed by atoms with Crippen molar-refractivity contribution < 1.29 is 60.7 Å². The topological polar surface area (TPSA) is 236 Å². The van der Waals surface area contributed by atoms with Gasteiger partial charge in [-0.15, -0.1) is 0 Å². The van der Waals surface area contributed by atoms with Crippen LogP contribution in [0, 0.1) is 33.1 Å². The Balaban J connectivity index is -0.000000825. The zero-order chi connectivity index (χ0) is 54.3. The highest BCUT2D eigenvalue weighted by atomic mass is 32.1. The van der Waals surface area contributed by atoms with E-state index in [4.69, 9.17) is 40.9 Å². The summed E-state index contributed by atoms with van der Waals surface area (Å²) in [5.74, 6) is -1.00. The highest BCUT2D eigenvalue weighted by Gasteiger charge is 2.26. The molecule has 0 aliphatic heterocycles. The summed E-state index contributed by atoms with van der Waals surface area (Å²) in [5.41, 5.74) is 3.99. The van der Waals surface area contributed by atoms with Crippen molar-refractivity contribution >= 4 is 46.5 Å². The van der Waals surface area contributed by atoms with Crippen molar-refractivity contribution in [3.8, 4) is 11.5 Å². The van der Waals surface area contributed by atoms with Gasteiger partial charge in [0, 0.05) is 25.7 Å².